The number of aromatic nitrogens is 2. The summed E-state index contributed by atoms with van der Waals surface area (Å²) in [6.45, 7) is 0.628. The number of aryl methyl sites for hydroxylation is 1. The first-order valence-corrected chi connectivity index (χ1v) is 6.84. The lowest BCUT2D eigenvalue weighted by Crippen LogP contribution is -2.30. The van der Waals surface area contributed by atoms with Gasteiger partial charge in [0.1, 0.15) is 0 Å². The maximum atomic E-state index is 5.29. The van der Waals surface area contributed by atoms with E-state index in [0.29, 0.717) is 24.0 Å². The third-order valence-electron chi connectivity index (χ3n) is 3.23. The van der Waals surface area contributed by atoms with Crippen LogP contribution in [0.25, 0.3) is 0 Å². The summed E-state index contributed by atoms with van der Waals surface area (Å²) in [6.07, 6.45) is 1.77. The highest BCUT2D eigenvalue weighted by Gasteiger charge is 2.06. The molecule has 0 radical (unpaired) electrons. The Morgan fingerprint density at radius 3 is 2.59 bits per heavy atom. The van der Waals surface area contributed by atoms with Crippen molar-refractivity contribution < 1.29 is 9.47 Å². The van der Waals surface area contributed by atoms with Gasteiger partial charge in [0.2, 0.25) is 0 Å². The van der Waals surface area contributed by atoms with E-state index in [-0.39, 0.29) is 0 Å². The van der Waals surface area contributed by atoms with Crippen LogP contribution >= 0.6 is 0 Å². The topological polar surface area (TPSA) is 72.7 Å². The van der Waals surface area contributed by atoms with Crippen molar-refractivity contribution in [3.8, 4) is 11.5 Å². The molecular formula is C15H21N5O2. The minimum atomic E-state index is 0.628. The number of nitrogens with zero attached hydrogens (tertiary/aromatic N) is 3. The zero-order chi connectivity index (χ0) is 15.9. The van der Waals surface area contributed by atoms with Crippen molar-refractivity contribution in [2.24, 2.45) is 12.0 Å². The molecule has 0 fully saturated rings. The van der Waals surface area contributed by atoms with E-state index in [2.05, 4.69) is 20.7 Å². The van der Waals surface area contributed by atoms with Gasteiger partial charge in [-0.25, -0.2) is 0 Å². The lowest BCUT2D eigenvalue weighted by Gasteiger charge is -2.14. The average Bonchev–Trinajstić information content (AvgIpc) is 2.96. The Kier molecular flexibility index (Phi) is 5.24. The van der Waals surface area contributed by atoms with Crippen LogP contribution in [-0.2, 0) is 13.6 Å². The van der Waals surface area contributed by atoms with Gasteiger partial charge >= 0.3 is 0 Å². The first-order valence-electron chi connectivity index (χ1n) is 6.84. The molecule has 0 spiro atoms. The van der Waals surface area contributed by atoms with Gasteiger partial charge in [-0.15, -0.1) is 0 Å². The molecular weight excluding hydrogens is 282 g/mol. The standard InChI is InChI=1S/C15H21N5O2/c1-16-15(17-10-12-7-8-18-20(12)2)19-11-5-6-13(21-3)14(9-11)22-4/h5-9H,10H2,1-4H3,(H2,16,17,19). The summed E-state index contributed by atoms with van der Waals surface area (Å²) >= 11 is 0. The van der Waals surface area contributed by atoms with E-state index >= 15 is 0 Å². The van der Waals surface area contributed by atoms with Gasteiger partial charge in [0, 0.05) is 32.0 Å². The molecule has 22 heavy (non-hydrogen) atoms. The van der Waals surface area contributed by atoms with Crippen molar-refractivity contribution in [2.75, 3.05) is 26.6 Å². The van der Waals surface area contributed by atoms with Gasteiger partial charge in [-0.3, -0.25) is 9.67 Å². The summed E-state index contributed by atoms with van der Waals surface area (Å²) in [5.74, 6) is 2.01. The van der Waals surface area contributed by atoms with Gasteiger partial charge in [-0.1, -0.05) is 0 Å². The quantitative estimate of drug-likeness (QED) is 0.649. The van der Waals surface area contributed by atoms with Crippen molar-refractivity contribution in [2.45, 2.75) is 6.54 Å². The third kappa shape index (κ3) is 3.69. The summed E-state index contributed by atoms with van der Waals surface area (Å²) in [5.41, 5.74) is 1.92. The molecule has 1 aromatic carbocycles. The molecule has 0 aliphatic rings. The van der Waals surface area contributed by atoms with Crippen molar-refractivity contribution in [1.82, 2.24) is 15.1 Å². The average molecular weight is 303 g/mol. The number of benzene rings is 1. The maximum Gasteiger partial charge on any atom is 0.195 e. The molecule has 1 aromatic heterocycles. The fraction of sp³-hybridized carbons (Fsp3) is 0.333. The Morgan fingerprint density at radius 1 is 1.23 bits per heavy atom. The minimum Gasteiger partial charge on any atom is -0.493 e. The third-order valence-corrected chi connectivity index (χ3v) is 3.23. The van der Waals surface area contributed by atoms with Crippen molar-refractivity contribution in [1.29, 1.82) is 0 Å². The van der Waals surface area contributed by atoms with E-state index in [1.54, 1.807) is 27.5 Å². The molecule has 0 aliphatic carbocycles. The van der Waals surface area contributed by atoms with E-state index in [0.717, 1.165) is 11.4 Å². The first-order chi connectivity index (χ1) is 10.7. The summed E-state index contributed by atoms with van der Waals surface area (Å²) < 4.78 is 12.3. The van der Waals surface area contributed by atoms with Crippen LogP contribution < -0.4 is 20.1 Å². The second-order valence-electron chi connectivity index (χ2n) is 4.57. The van der Waals surface area contributed by atoms with Gasteiger partial charge in [-0.2, -0.15) is 5.10 Å². The first kappa shape index (κ1) is 15.7. The molecule has 0 bridgehead atoms. The van der Waals surface area contributed by atoms with Crippen LogP contribution in [0.3, 0.4) is 0 Å². The van der Waals surface area contributed by atoms with E-state index < -0.39 is 0 Å². The fourth-order valence-electron chi connectivity index (χ4n) is 1.98. The van der Waals surface area contributed by atoms with E-state index in [1.165, 1.54) is 0 Å². The molecule has 2 rings (SSSR count). The number of anilines is 1. The Hall–Kier alpha value is -2.70. The normalized spacial score (nSPS) is 11.2. The molecule has 118 valence electrons. The number of ether oxygens (including phenoxy) is 2. The highest BCUT2D eigenvalue weighted by Crippen LogP contribution is 2.29. The lowest BCUT2D eigenvalue weighted by atomic mass is 10.2. The SMILES string of the molecule is CN=C(NCc1ccnn1C)Nc1ccc(OC)c(OC)c1. The molecule has 0 saturated heterocycles. The maximum absolute atomic E-state index is 5.29. The van der Waals surface area contributed by atoms with Gasteiger partial charge in [-0.05, 0) is 18.2 Å². The van der Waals surface area contributed by atoms with Crippen LogP contribution in [0.4, 0.5) is 5.69 Å². The summed E-state index contributed by atoms with van der Waals surface area (Å²) in [5, 5.41) is 10.6. The van der Waals surface area contributed by atoms with Crippen LogP contribution in [0.15, 0.2) is 35.5 Å². The molecule has 0 unspecified atom stereocenters. The van der Waals surface area contributed by atoms with Crippen LogP contribution in [0.1, 0.15) is 5.69 Å². The number of nitrogens with one attached hydrogen (secondary N) is 2. The zero-order valence-corrected chi connectivity index (χ0v) is 13.3. The van der Waals surface area contributed by atoms with Gasteiger partial charge in [0.15, 0.2) is 17.5 Å². The van der Waals surface area contributed by atoms with Crippen molar-refractivity contribution >= 4 is 11.6 Å². The smallest absolute Gasteiger partial charge is 0.195 e. The Morgan fingerprint density at radius 2 is 2.00 bits per heavy atom. The molecule has 1 heterocycles. The van der Waals surface area contributed by atoms with E-state index in [1.807, 2.05) is 36.0 Å². The number of methoxy groups -OCH3 is 2. The predicted octanol–water partition coefficient (Wildman–Crippen LogP) is 1.62. The summed E-state index contributed by atoms with van der Waals surface area (Å²) in [4.78, 5) is 4.20. The minimum absolute atomic E-state index is 0.628. The second-order valence-corrected chi connectivity index (χ2v) is 4.57. The number of rotatable bonds is 5. The van der Waals surface area contributed by atoms with Crippen LogP contribution in [-0.4, -0.2) is 37.0 Å². The van der Waals surface area contributed by atoms with E-state index in [4.69, 9.17) is 9.47 Å². The largest absolute Gasteiger partial charge is 0.493 e. The predicted molar refractivity (Wildman–Crippen MR) is 86.6 cm³/mol. The zero-order valence-electron chi connectivity index (χ0n) is 13.3. The molecule has 0 atom stereocenters. The summed E-state index contributed by atoms with van der Waals surface area (Å²) in [7, 11) is 6.84. The Balaban J connectivity index is 2.03. The van der Waals surface area contributed by atoms with Gasteiger partial charge in [0.05, 0.1) is 26.5 Å². The molecule has 0 aliphatic heterocycles. The van der Waals surface area contributed by atoms with Crippen LogP contribution in [0, 0.1) is 0 Å². The molecule has 0 amide bonds. The van der Waals surface area contributed by atoms with E-state index in [9.17, 15) is 0 Å². The molecule has 0 saturated carbocycles. The van der Waals surface area contributed by atoms with Crippen LogP contribution in [0.2, 0.25) is 0 Å². The van der Waals surface area contributed by atoms with Crippen molar-refractivity contribution in [3.05, 3.63) is 36.2 Å². The lowest BCUT2D eigenvalue weighted by molar-refractivity contribution is 0.355. The number of hydrogen-bond donors (Lipinski definition) is 2. The number of aliphatic imine (C=N–C) groups is 1. The van der Waals surface area contributed by atoms with Crippen molar-refractivity contribution in [3.63, 3.8) is 0 Å². The highest BCUT2D eigenvalue weighted by atomic mass is 16.5. The van der Waals surface area contributed by atoms with Crippen LogP contribution in [0.5, 0.6) is 11.5 Å². The van der Waals surface area contributed by atoms with Gasteiger partial charge in [0.25, 0.3) is 0 Å². The van der Waals surface area contributed by atoms with Gasteiger partial charge < -0.3 is 20.1 Å². The molecule has 7 heteroatoms. The Bertz CT molecular complexity index is 651. The number of hydrogen-bond acceptors (Lipinski definition) is 4. The fourth-order valence-corrected chi connectivity index (χ4v) is 1.98. The summed E-state index contributed by atoms with van der Waals surface area (Å²) in [6, 6.07) is 7.56. The monoisotopic (exact) mass is 303 g/mol. The second kappa shape index (κ2) is 7.35. The highest BCUT2D eigenvalue weighted by molar-refractivity contribution is 5.93. The molecule has 2 N–H and O–H groups in total. The molecule has 7 nitrogen and oxygen atoms in total. The molecule has 2 aromatic rings. The number of guanidine groups is 1. The Labute approximate surface area is 130 Å².